The Morgan fingerprint density at radius 1 is 0.245 bits per heavy atom. The van der Waals surface area contributed by atoms with E-state index in [-0.39, 0.29) is 0 Å². The van der Waals surface area contributed by atoms with Gasteiger partial charge in [-0.25, -0.2) is 0 Å². The van der Waals surface area contributed by atoms with Crippen molar-refractivity contribution in [3.8, 4) is 0 Å². The predicted molar refractivity (Wildman–Crippen MR) is 368 cm³/mol. The summed E-state index contributed by atoms with van der Waals surface area (Å²) in [6.07, 6.45) is 18.8. The van der Waals surface area contributed by atoms with Crippen LogP contribution in [-0.2, 0) is 11.8 Å². The lowest BCUT2D eigenvalue weighted by Gasteiger charge is -2.40. The monoisotopic (exact) mass is 1210 g/mol. The molecule has 2 aromatic carbocycles. The number of fused-ring (bicyclic) bond motifs is 8. The summed E-state index contributed by atoms with van der Waals surface area (Å²) in [4.78, 5) is 15.8. The molecule has 0 radical (unpaired) electrons. The Morgan fingerprint density at radius 3 is 0.926 bits per heavy atom. The summed E-state index contributed by atoms with van der Waals surface area (Å²) in [6.45, 7) is 18.2. The molecule has 10 aromatic rings. The van der Waals surface area contributed by atoms with Crippen LogP contribution in [0.1, 0.15) is 123 Å². The highest BCUT2D eigenvalue weighted by molar-refractivity contribution is 6.26. The van der Waals surface area contributed by atoms with Crippen LogP contribution in [0.25, 0.3) is 66.9 Å². The minimum absolute atomic E-state index is 0.677. The third-order valence-corrected chi connectivity index (χ3v) is 23.4. The minimum Gasteiger partial charge on any atom is -0.355 e. The molecule has 13 aliphatic heterocycles. The van der Waals surface area contributed by atoms with Gasteiger partial charge in [0.1, 0.15) is 0 Å². The number of aromatic amines is 4. The maximum absolute atomic E-state index is 3.95. The fourth-order valence-electron chi connectivity index (χ4n) is 19.1. The predicted octanol–water partition coefficient (Wildman–Crippen LogP) is 7.55. The summed E-state index contributed by atoms with van der Waals surface area (Å²) in [6, 6.07) is 55.3. The van der Waals surface area contributed by atoms with Gasteiger partial charge in [0.05, 0.1) is 55.3 Å². The van der Waals surface area contributed by atoms with Gasteiger partial charge in [-0.15, -0.1) is 0 Å². The molecule has 444 valence electrons. The molecule has 0 fully saturated rings. The molecular formula is C82H60N12+4. The lowest BCUT2D eigenvalue weighted by Crippen LogP contribution is -2.71. The SMILES string of the molecule is CC1=C2C=CC3=[N+]2C24n5c1ccc5C(c1ccc(C5=c6ccc([nH]6)=C(C)c6ccc([nH]6)C(c6ccc(C7=C8C=CC9=[N+]8C8%10n%11c(ccc%117)C(C)=C7C=CC(=[N+]78)C(C)=c7ccc(n7%10)=C9C)cc6)=c6ccc([nH]6)=C(C)c6ccc5[nH]6)cc1)=C1C=CC(=[N+]12)C(C)=c1ccc(n14)=C3C. The largest absolute Gasteiger partial charge is 0.553 e. The maximum atomic E-state index is 3.95. The maximum Gasteiger partial charge on any atom is 0.553 e. The van der Waals surface area contributed by atoms with Crippen LogP contribution in [0.3, 0.4) is 0 Å². The molecule has 8 aromatic heterocycles. The number of nitrogens with one attached hydrogen (secondary N) is 4. The van der Waals surface area contributed by atoms with Gasteiger partial charge in [-0.2, -0.15) is 18.3 Å². The van der Waals surface area contributed by atoms with Crippen LogP contribution in [0.2, 0.25) is 0 Å². The Kier molecular flexibility index (Phi) is 8.56. The van der Waals surface area contributed by atoms with E-state index in [0.29, 0.717) is 0 Å². The highest BCUT2D eigenvalue weighted by Crippen LogP contribution is 2.54. The first-order chi connectivity index (χ1) is 45.9. The van der Waals surface area contributed by atoms with E-state index >= 15 is 0 Å². The molecule has 12 heteroatoms. The average molecular weight is 1210 g/mol. The number of nitrogens with zero attached hydrogens (tertiary/aromatic N) is 8. The number of allylic oxidation sites excluding steroid dienone is 10. The highest BCUT2D eigenvalue weighted by atomic mass is 15.6. The third kappa shape index (κ3) is 5.30. The molecule has 8 bridgehead atoms. The van der Waals surface area contributed by atoms with Crippen molar-refractivity contribution in [2.24, 2.45) is 0 Å². The quantitative estimate of drug-likeness (QED) is 0.131. The summed E-state index contributed by atoms with van der Waals surface area (Å²) < 4.78 is 21.0. The van der Waals surface area contributed by atoms with E-state index < -0.39 is 11.8 Å². The minimum atomic E-state index is -0.677. The zero-order chi connectivity index (χ0) is 62.2. The summed E-state index contributed by atoms with van der Waals surface area (Å²) in [5.41, 5.74) is 38.2. The molecule has 0 saturated carbocycles. The van der Waals surface area contributed by atoms with Crippen LogP contribution in [0, 0.1) is 0 Å². The lowest BCUT2D eigenvalue weighted by atomic mass is 9.94. The molecule has 2 spiro atoms. The zero-order valence-corrected chi connectivity index (χ0v) is 53.1. The smallest absolute Gasteiger partial charge is 0.355 e. The second kappa shape index (κ2) is 16.1. The second-order valence-corrected chi connectivity index (χ2v) is 27.5. The van der Waals surface area contributed by atoms with Crippen LogP contribution in [0.4, 0.5) is 0 Å². The zero-order valence-electron chi connectivity index (χ0n) is 53.1. The van der Waals surface area contributed by atoms with E-state index in [2.05, 4.69) is 306 Å². The fourth-order valence-corrected chi connectivity index (χ4v) is 19.1. The number of H-pyrrole nitrogens is 4. The van der Waals surface area contributed by atoms with Crippen molar-refractivity contribution in [2.45, 2.75) is 67.2 Å². The standard InChI is InChI=1S/C82H56N12/c1-41-53-17-21-57(83-53)77(49-9-13-51(14-10-49)79-73-37-33-69-45(5)65-29-25-61-43(3)62-26-30-66-46(6)70-34-38-74(79)92(70)81(87(61)65,88(62)66)91(69)73)59-23-19-55(85-59)42(2)56-20-24-60(86-56)78(58-22-18-54(41)84-58)50-11-15-52(16-12-50)80-75-39-35-71-47(7)67-31-27-63-44(4)64-28-32-68-48(8)72-36-40-76(80)94(72)82(89(63)67,90(64)68)93(71)75/h9-40H,1-8H3/p+4. The van der Waals surface area contributed by atoms with Crippen molar-refractivity contribution in [1.82, 2.24) is 38.2 Å². The molecule has 4 N–H and O–H groups in total. The van der Waals surface area contributed by atoms with Crippen LogP contribution in [0.15, 0.2) is 217 Å². The first kappa shape index (κ1) is 50.0. The van der Waals surface area contributed by atoms with E-state index in [4.69, 9.17) is 0 Å². The van der Waals surface area contributed by atoms with Gasteiger partial charge in [-0.1, -0.05) is 66.8 Å². The number of hydrogen-bond acceptors (Lipinski definition) is 0. The van der Waals surface area contributed by atoms with Crippen LogP contribution < -0.4 is 42.8 Å². The van der Waals surface area contributed by atoms with E-state index in [1.165, 1.54) is 146 Å². The average Bonchev–Trinajstić information content (AvgIpc) is 1.38. The van der Waals surface area contributed by atoms with Crippen molar-refractivity contribution in [1.29, 1.82) is 0 Å². The number of benzene rings is 2. The number of rotatable bonds is 4. The third-order valence-electron chi connectivity index (χ3n) is 23.4. The molecule has 0 amide bonds. The second-order valence-electron chi connectivity index (χ2n) is 27.5. The summed E-state index contributed by atoms with van der Waals surface area (Å²) in [5.74, 6) is -1.35. The van der Waals surface area contributed by atoms with Gasteiger partial charge in [0, 0.05) is 137 Å². The topological polar surface area (TPSA) is 94.9 Å². The Balaban J connectivity index is 0.651. The van der Waals surface area contributed by atoms with Crippen molar-refractivity contribution in [3.05, 3.63) is 328 Å². The Hall–Kier alpha value is -11.8. The molecule has 21 heterocycles. The lowest BCUT2D eigenvalue weighted by molar-refractivity contribution is -0.835. The van der Waals surface area contributed by atoms with Gasteiger partial charge in [0.25, 0.3) is 0 Å². The Labute approximate surface area is 538 Å². The van der Waals surface area contributed by atoms with Gasteiger partial charge in [0.15, 0.2) is 0 Å². The Morgan fingerprint density at radius 2 is 0.553 bits per heavy atom. The summed E-state index contributed by atoms with van der Waals surface area (Å²) in [7, 11) is 0. The van der Waals surface area contributed by atoms with E-state index in [9.17, 15) is 0 Å². The highest BCUT2D eigenvalue weighted by Gasteiger charge is 2.74. The van der Waals surface area contributed by atoms with Gasteiger partial charge in [-0.05, 0) is 186 Å². The van der Waals surface area contributed by atoms with E-state index in [1.54, 1.807) is 0 Å². The number of aromatic nitrogens is 8. The molecule has 94 heavy (non-hydrogen) atoms. The normalized spacial score (nSPS) is 21.9. The van der Waals surface area contributed by atoms with Gasteiger partial charge in [-0.3, -0.25) is 0 Å². The summed E-state index contributed by atoms with van der Waals surface area (Å²) in [5, 5.41) is 9.22. The van der Waals surface area contributed by atoms with E-state index in [0.717, 1.165) is 77.6 Å². The molecule has 2 unspecified atom stereocenters. The van der Waals surface area contributed by atoms with Crippen molar-refractivity contribution in [2.75, 3.05) is 0 Å². The first-order valence-corrected chi connectivity index (χ1v) is 32.9. The fraction of sp³-hybridized carbons (Fsp3) is 0.122. The van der Waals surface area contributed by atoms with Crippen molar-refractivity contribution < 1.29 is 18.3 Å². The Bertz CT molecular complexity index is 6220. The molecule has 13 aliphatic rings. The molecule has 0 saturated heterocycles. The first-order valence-electron chi connectivity index (χ1n) is 32.9. The van der Waals surface area contributed by atoms with Gasteiger partial charge >= 0.3 is 11.8 Å². The molecular weight excluding hydrogens is 1150 g/mol. The van der Waals surface area contributed by atoms with E-state index in [1.807, 2.05) is 0 Å². The van der Waals surface area contributed by atoms with Crippen molar-refractivity contribution in [3.63, 3.8) is 0 Å². The van der Waals surface area contributed by atoms with Gasteiger partial charge < -0.3 is 19.9 Å². The van der Waals surface area contributed by atoms with Crippen LogP contribution >= 0.6 is 0 Å². The molecule has 12 nitrogen and oxygen atoms in total. The van der Waals surface area contributed by atoms with Crippen LogP contribution in [-0.4, -0.2) is 79.4 Å². The molecule has 2 atom stereocenters. The van der Waals surface area contributed by atoms with Crippen molar-refractivity contribution >= 4 is 89.7 Å². The van der Waals surface area contributed by atoms with Gasteiger partial charge in [0.2, 0.25) is 45.6 Å². The van der Waals surface area contributed by atoms with Crippen LogP contribution in [0.5, 0.6) is 0 Å². The summed E-state index contributed by atoms with van der Waals surface area (Å²) >= 11 is 0. The molecule has 23 rings (SSSR count). The molecule has 0 aliphatic carbocycles. The number of hydrogen-bond donors (Lipinski definition) is 4.